The molecule has 2 aromatic heterocycles. The largest absolute Gasteiger partial charge is 0.324 e. The second-order valence-corrected chi connectivity index (χ2v) is 9.00. The lowest BCUT2D eigenvalue weighted by molar-refractivity contribution is 0.382. The summed E-state index contributed by atoms with van der Waals surface area (Å²) in [5.41, 5.74) is 4.90. The molecule has 33 heavy (non-hydrogen) atoms. The second kappa shape index (κ2) is 7.81. The summed E-state index contributed by atoms with van der Waals surface area (Å²) in [4.78, 5) is 22.0. The molecule has 5 rings (SSSR count). The van der Waals surface area contributed by atoms with Crippen molar-refractivity contribution >= 4 is 22.7 Å². The first-order valence-electron chi connectivity index (χ1n) is 11.2. The van der Waals surface area contributed by atoms with Crippen LogP contribution in [-0.4, -0.2) is 25.9 Å². The zero-order valence-electron chi connectivity index (χ0n) is 19.2. The summed E-state index contributed by atoms with van der Waals surface area (Å²) in [6, 6.07) is 11.1. The van der Waals surface area contributed by atoms with Crippen LogP contribution in [0.15, 0.2) is 47.4 Å². The van der Waals surface area contributed by atoms with Crippen LogP contribution >= 0.6 is 0 Å². The van der Waals surface area contributed by atoms with Gasteiger partial charge in [0, 0.05) is 24.0 Å². The molecule has 0 atom stereocenters. The monoisotopic (exact) mass is 446 g/mol. The van der Waals surface area contributed by atoms with Crippen LogP contribution in [0.2, 0.25) is 0 Å². The topological polar surface area (TPSA) is 76.8 Å². The summed E-state index contributed by atoms with van der Waals surface area (Å²) in [5, 5.41) is 7.25. The van der Waals surface area contributed by atoms with Crippen molar-refractivity contribution in [2.24, 2.45) is 0 Å². The van der Waals surface area contributed by atoms with Gasteiger partial charge in [-0.3, -0.25) is 4.79 Å². The maximum atomic E-state index is 13.9. The van der Waals surface area contributed by atoms with Crippen molar-refractivity contribution in [3.63, 3.8) is 0 Å². The first-order chi connectivity index (χ1) is 15.8. The SMILES string of the molecule is CCn1c(=O)c2cnc(Nc3ccc4c(c3)CCNC4(C)C)nc2n1-c1ccc(F)c(C)c1. The van der Waals surface area contributed by atoms with Gasteiger partial charge in [-0.05, 0) is 87.7 Å². The Morgan fingerprint density at radius 1 is 1.21 bits per heavy atom. The summed E-state index contributed by atoms with van der Waals surface area (Å²) in [5.74, 6) is 0.111. The van der Waals surface area contributed by atoms with Crippen LogP contribution in [-0.2, 0) is 18.5 Å². The molecule has 0 unspecified atom stereocenters. The Morgan fingerprint density at radius 2 is 2.03 bits per heavy atom. The zero-order chi connectivity index (χ0) is 23.3. The lowest BCUT2D eigenvalue weighted by atomic mass is 9.85. The quantitative estimate of drug-likeness (QED) is 0.492. The number of hydrogen-bond acceptors (Lipinski definition) is 5. The zero-order valence-corrected chi connectivity index (χ0v) is 19.2. The van der Waals surface area contributed by atoms with Gasteiger partial charge >= 0.3 is 0 Å². The molecule has 170 valence electrons. The van der Waals surface area contributed by atoms with Gasteiger partial charge in [0.15, 0.2) is 5.65 Å². The van der Waals surface area contributed by atoms with Gasteiger partial charge in [0.05, 0.1) is 5.69 Å². The van der Waals surface area contributed by atoms with Crippen LogP contribution in [0.5, 0.6) is 0 Å². The molecular formula is C25H27FN6O. The summed E-state index contributed by atoms with van der Waals surface area (Å²) in [7, 11) is 0. The summed E-state index contributed by atoms with van der Waals surface area (Å²) >= 11 is 0. The number of anilines is 2. The third-order valence-electron chi connectivity index (χ3n) is 6.36. The summed E-state index contributed by atoms with van der Waals surface area (Å²) in [6.07, 6.45) is 2.51. The minimum absolute atomic E-state index is 0.0616. The average molecular weight is 447 g/mol. The molecule has 2 aromatic carbocycles. The van der Waals surface area contributed by atoms with Crippen LogP contribution in [0.1, 0.15) is 37.5 Å². The van der Waals surface area contributed by atoms with Crippen molar-refractivity contribution in [1.29, 1.82) is 0 Å². The molecule has 4 aromatic rings. The molecule has 1 aliphatic heterocycles. The summed E-state index contributed by atoms with van der Waals surface area (Å²) in [6.45, 7) is 9.34. The molecule has 0 spiro atoms. The van der Waals surface area contributed by atoms with Crippen molar-refractivity contribution in [2.45, 2.75) is 46.2 Å². The highest BCUT2D eigenvalue weighted by molar-refractivity contribution is 5.77. The van der Waals surface area contributed by atoms with E-state index in [2.05, 4.69) is 46.6 Å². The molecule has 0 saturated carbocycles. The van der Waals surface area contributed by atoms with Gasteiger partial charge in [0.2, 0.25) is 5.95 Å². The van der Waals surface area contributed by atoms with E-state index < -0.39 is 0 Å². The lowest BCUT2D eigenvalue weighted by Gasteiger charge is -2.34. The molecule has 8 heteroatoms. The van der Waals surface area contributed by atoms with E-state index in [1.165, 1.54) is 17.2 Å². The fourth-order valence-corrected chi connectivity index (χ4v) is 4.62. The first kappa shape index (κ1) is 21.3. The Balaban J connectivity index is 1.59. The van der Waals surface area contributed by atoms with Gasteiger partial charge in [-0.15, -0.1) is 0 Å². The fraction of sp³-hybridized carbons (Fsp3) is 0.320. The van der Waals surface area contributed by atoms with Gasteiger partial charge in [0.25, 0.3) is 5.56 Å². The second-order valence-electron chi connectivity index (χ2n) is 9.00. The standard InChI is InChI=1S/C25H27FN6O/c1-5-31-23(33)19-14-27-24(30-22(19)32(31)18-7-9-21(26)15(2)12-18)29-17-6-8-20-16(13-17)10-11-28-25(20,3)4/h6-9,12-14,28H,5,10-11H2,1-4H3,(H,27,29,30). The molecule has 0 saturated heterocycles. The third kappa shape index (κ3) is 3.60. The Morgan fingerprint density at radius 3 is 2.79 bits per heavy atom. The van der Waals surface area contributed by atoms with Crippen LogP contribution in [0.25, 0.3) is 16.7 Å². The predicted molar refractivity (Wildman–Crippen MR) is 128 cm³/mol. The number of aryl methyl sites for hydroxylation is 1. The van der Waals surface area contributed by atoms with Crippen LogP contribution in [0.4, 0.5) is 16.0 Å². The number of rotatable bonds is 4. The van der Waals surface area contributed by atoms with Gasteiger partial charge in [0.1, 0.15) is 11.2 Å². The van der Waals surface area contributed by atoms with Gasteiger partial charge in [-0.25, -0.2) is 18.7 Å². The van der Waals surface area contributed by atoms with Gasteiger partial charge < -0.3 is 10.6 Å². The first-order valence-corrected chi connectivity index (χ1v) is 11.2. The Bertz CT molecular complexity index is 1440. The van der Waals surface area contributed by atoms with Crippen molar-refractivity contribution in [3.05, 3.63) is 75.5 Å². The van der Waals surface area contributed by atoms with Crippen LogP contribution in [0, 0.1) is 12.7 Å². The maximum absolute atomic E-state index is 13.9. The smallest absolute Gasteiger partial charge is 0.278 e. The van der Waals surface area contributed by atoms with Crippen molar-refractivity contribution in [2.75, 3.05) is 11.9 Å². The Labute approximate surface area is 191 Å². The number of nitrogens with one attached hydrogen (secondary N) is 2. The highest BCUT2D eigenvalue weighted by Crippen LogP contribution is 2.30. The fourth-order valence-electron chi connectivity index (χ4n) is 4.62. The Kier molecular flexibility index (Phi) is 5.05. The van der Waals surface area contributed by atoms with E-state index in [-0.39, 0.29) is 16.9 Å². The average Bonchev–Trinajstić information content (AvgIpc) is 3.06. The van der Waals surface area contributed by atoms with Crippen molar-refractivity contribution in [1.82, 2.24) is 24.6 Å². The molecule has 0 radical (unpaired) electrons. The van der Waals surface area contributed by atoms with Crippen molar-refractivity contribution < 1.29 is 4.39 Å². The number of nitrogens with zero attached hydrogens (tertiary/aromatic N) is 4. The highest BCUT2D eigenvalue weighted by atomic mass is 19.1. The maximum Gasteiger partial charge on any atom is 0.278 e. The number of fused-ring (bicyclic) bond motifs is 2. The number of hydrogen-bond donors (Lipinski definition) is 2. The van der Waals surface area contributed by atoms with Crippen molar-refractivity contribution in [3.8, 4) is 5.69 Å². The predicted octanol–water partition coefficient (Wildman–Crippen LogP) is 4.17. The minimum Gasteiger partial charge on any atom is -0.324 e. The highest BCUT2D eigenvalue weighted by Gasteiger charge is 2.26. The minimum atomic E-state index is -0.289. The van der Waals surface area contributed by atoms with E-state index in [4.69, 9.17) is 0 Å². The van der Waals surface area contributed by atoms with E-state index in [1.54, 1.807) is 34.6 Å². The molecule has 1 aliphatic rings. The molecule has 0 aliphatic carbocycles. The molecule has 0 bridgehead atoms. The molecule has 7 nitrogen and oxygen atoms in total. The molecule has 0 amide bonds. The molecule has 2 N–H and O–H groups in total. The van der Waals surface area contributed by atoms with E-state index >= 15 is 0 Å². The molecule has 0 fully saturated rings. The third-order valence-corrected chi connectivity index (χ3v) is 6.36. The van der Waals surface area contributed by atoms with Crippen LogP contribution in [0.3, 0.4) is 0 Å². The van der Waals surface area contributed by atoms with E-state index in [1.807, 2.05) is 13.0 Å². The number of benzene rings is 2. The van der Waals surface area contributed by atoms with E-state index in [9.17, 15) is 9.18 Å². The van der Waals surface area contributed by atoms with Crippen LogP contribution < -0.4 is 16.2 Å². The van der Waals surface area contributed by atoms with Gasteiger partial charge in [-0.1, -0.05) is 6.07 Å². The van der Waals surface area contributed by atoms with E-state index in [0.717, 1.165) is 18.7 Å². The summed E-state index contributed by atoms with van der Waals surface area (Å²) < 4.78 is 17.2. The lowest BCUT2D eigenvalue weighted by Crippen LogP contribution is -2.42. The van der Waals surface area contributed by atoms with E-state index in [0.29, 0.717) is 34.8 Å². The normalized spacial score (nSPS) is 14.9. The Hall–Kier alpha value is -3.52. The molecular weight excluding hydrogens is 419 g/mol. The molecule has 3 heterocycles. The number of aromatic nitrogens is 4. The number of halogens is 1. The van der Waals surface area contributed by atoms with Gasteiger partial charge in [-0.2, -0.15) is 4.98 Å².